The van der Waals surface area contributed by atoms with Gasteiger partial charge in [0.25, 0.3) is 0 Å². The monoisotopic (exact) mass is 268 g/mol. The third-order valence-electron chi connectivity index (χ3n) is 3.08. The summed E-state index contributed by atoms with van der Waals surface area (Å²) in [4.78, 5) is 3.86. The lowest BCUT2D eigenvalue weighted by molar-refractivity contribution is 0.284. The molecule has 3 heteroatoms. The minimum atomic E-state index is 0.328. The van der Waals surface area contributed by atoms with Gasteiger partial charge in [0, 0.05) is 17.5 Å². The molecule has 1 atom stereocenters. The Bertz CT molecular complexity index is 314. The Balaban J connectivity index is 2.14. The lowest BCUT2D eigenvalue weighted by Gasteiger charge is -2.25. The van der Waals surface area contributed by atoms with Crippen molar-refractivity contribution < 1.29 is 0 Å². The summed E-state index contributed by atoms with van der Waals surface area (Å²) in [7, 11) is 2.19. The van der Waals surface area contributed by atoms with Crippen LogP contribution in [-0.4, -0.2) is 31.1 Å². The predicted octanol–water partition coefficient (Wildman–Crippen LogP) is 3.38. The minimum Gasteiger partial charge on any atom is -0.328 e. The number of hydrogen-bond acceptors (Lipinski definition) is 3. The average Bonchev–Trinajstić information content (AvgIpc) is 2.74. The van der Waals surface area contributed by atoms with E-state index in [4.69, 9.17) is 5.73 Å². The molecule has 1 unspecified atom stereocenters. The van der Waals surface area contributed by atoms with Crippen LogP contribution in [0.25, 0.3) is 0 Å². The van der Waals surface area contributed by atoms with Gasteiger partial charge in [0.15, 0.2) is 0 Å². The summed E-state index contributed by atoms with van der Waals surface area (Å²) in [5, 5.41) is 2.15. The van der Waals surface area contributed by atoms with Crippen molar-refractivity contribution in [3.05, 3.63) is 22.4 Å². The van der Waals surface area contributed by atoms with Crippen molar-refractivity contribution in [2.24, 2.45) is 11.1 Å². The van der Waals surface area contributed by atoms with Crippen LogP contribution in [0.4, 0.5) is 0 Å². The quantitative estimate of drug-likeness (QED) is 0.821. The van der Waals surface area contributed by atoms with Crippen molar-refractivity contribution in [2.75, 3.05) is 20.1 Å². The topological polar surface area (TPSA) is 29.3 Å². The van der Waals surface area contributed by atoms with Gasteiger partial charge in [0.2, 0.25) is 0 Å². The normalized spacial score (nSPS) is 14.1. The zero-order valence-electron chi connectivity index (χ0n) is 12.3. The first-order valence-electron chi connectivity index (χ1n) is 6.83. The highest BCUT2D eigenvalue weighted by Crippen LogP contribution is 2.21. The summed E-state index contributed by atoms with van der Waals surface area (Å²) >= 11 is 1.85. The molecule has 0 saturated carbocycles. The van der Waals surface area contributed by atoms with E-state index in [1.165, 1.54) is 4.88 Å². The maximum atomic E-state index is 6.17. The van der Waals surface area contributed by atoms with Gasteiger partial charge in [-0.25, -0.2) is 0 Å². The molecular formula is C15H28N2S. The third kappa shape index (κ3) is 7.14. The molecule has 1 aromatic heterocycles. The van der Waals surface area contributed by atoms with Crippen LogP contribution in [0, 0.1) is 5.41 Å². The number of rotatable bonds is 7. The van der Waals surface area contributed by atoms with Crippen LogP contribution in [0.5, 0.6) is 0 Å². The Morgan fingerprint density at radius 1 is 1.33 bits per heavy atom. The summed E-state index contributed by atoms with van der Waals surface area (Å²) in [5.74, 6) is 0. The van der Waals surface area contributed by atoms with E-state index in [9.17, 15) is 0 Å². The average molecular weight is 268 g/mol. The maximum Gasteiger partial charge on any atom is 0.00579 e. The highest BCUT2D eigenvalue weighted by atomic mass is 32.1. The summed E-state index contributed by atoms with van der Waals surface area (Å²) in [6, 6.07) is 4.66. The summed E-state index contributed by atoms with van der Waals surface area (Å²) < 4.78 is 0. The van der Waals surface area contributed by atoms with E-state index < -0.39 is 0 Å². The molecule has 0 aromatic carbocycles. The molecule has 104 valence electrons. The molecule has 18 heavy (non-hydrogen) atoms. The molecule has 0 amide bonds. The molecule has 0 aliphatic heterocycles. The van der Waals surface area contributed by atoms with Crippen molar-refractivity contribution in [1.29, 1.82) is 0 Å². The lowest BCUT2D eigenvalue weighted by Crippen LogP contribution is -2.32. The molecule has 2 nitrogen and oxygen atoms in total. The molecule has 0 radical (unpaired) electrons. The number of likely N-dealkylation sites (N-methyl/N-ethyl adjacent to an activating group) is 1. The van der Waals surface area contributed by atoms with Crippen molar-refractivity contribution in [1.82, 2.24) is 4.90 Å². The first kappa shape index (κ1) is 15.7. The van der Waals surface area contributed by atoms with Gasteiger partial charge in [-0.15, -0.1) is 11.3 Å². The van der Waals surface area contributed by atoms with Gasteiger partial charge < -0.3 is 10.6 Å². The molecule has 0 fully saturated rings. The van der Waals surface area contributed by atoms with Gasteiger partial charge in [0.05, 0.1) is 0 Å². The molecule has 1 aromatic rings. The molecular weight excluding hydrogens is 240 g/mol. The minimum absolute atomic E-state index is 0.328. The summed E-state index contributed by atoms with van der Waals surface area (Å²) in [5.41, 5.74) is 6.52. The lowest BCUT2D eigenvalue weighted by atomic mass is 9.87. The van der Waals surface area contributed by atoms with Crippen LogP contribution in [0.1, 0.15) is 38.5 Å². The van der Waals surface area contributed by atoms with Crippen molar-refractivity contribution in [2.45, 2.75) is 46.1 Å². The molecule has 0 aliphatic rings. The Morgan fingerprint density at radius 3 is 2.61 bits per heavy atom. The molecule has 1 heterocycles. The standard InChI is InChI=1S/C15H28N2S/c1-15(2,3)12-13(16)7-9-17(4)10-8-14-6-5-11-18-14/h5-6,11,13H,7-10,12,16H2,1-4H3. The second-order valence-electron chi connectivity index (χ2n) is 6.45. The maximum absolute atomic E-state index is 6.17. The van der Waals surface area contributed by atoms with Gasteiger partial charge in [-0.05, 0) is 49.7 Å². The summed E-state index contributed by atoms with van der Waals surface area (Å²) in [6.45, 7) is 9.00. The van der Waals surface area contributed by atoms with E-state index in [2.05, 4.69) is 50.2 Å². The molecule has 1 rings (SSSR count). The predicted molar refractivity (Wildman–Crippen MR) is 82.2 cm³/mol. The SMILES string of the molecule is CN(CCc1cccs1)CCC(N)CC(C)(C)C. The van der Waals surface area contributed by atoms with Crippen LogP contribution in [-0.2, 0) is 6.42 Å². The van der Waals surface area contributed by atoms with E-state index in [1.54, 1.807) is 0 Å². The Hall–Kier alpha value is -0.380. The Kier molecular flexibility index (Phi) is 6.33. The van der Waals surface area contributed by atoms with Crippen LogP contribution >= 0.6 is 11.3 Å². The summed E-state index contributed by atoms with van der Waals surface area (Å²) in [6.07, 6.45) is 3.35. The second kappa shape index (κ2) is 7.27. The van der Waals surface area contributed by atoms with Gasteiger partial charge >= 0.3 is 0 Å². The fourth-order valence-electron chi connectivity index (χ4n) is 2.14. The van der Waals surface area contributed by atoms with E-state index in [1.807, 2.05) is 11.3 Å². The zero-order valence-corrected chi connectivity index (χ0v) is 13.1. The largest absolute Gasteiger partial charge is 0.328 e. The van der Waals surface area contributed by atoms with Gasteiger partial charge in [-0.3, -0.25) is 0 Å². The number of thiophene rings is 1. The van der Waals surface area contributed by atoms with E-state index in [-0.39, 0.29) is 0 Å². The van der Waals surface area contributed by atoms with Crippen LogP contribution in [0.3, 0.4) is 0 Å². The third-order valence-corrected chi connectivity index (χ3v) is 4.01. The van der Waals surface area contributed by atoms with Gasteiger partial charge in [-0.2, -0.15) is 0 Å². The second-order valence-corrected chi connectivity index (χ2v) is 7.48. The first-order valence-corrected chi connectivity index (χ1v) is 7.71. The number of hydrogen-bond donors (Lipinski definition) is 1. The van der Waals surface area contributed by atoms with Gasteiger partial charge in [-0.1, -0.05) is 26.8 Å². The van der Waals surface area contributed by atoms with Crippen molar-refractivity contribution >= 4 is 11.3 Å². The van der Waals surface area contributed by atoms with Crippen LogP contribution < -0.4 is 5.73 Å². The molecule has 2 N–H and O–H groups in total. The van der Waals surface area contributed by atoms with Crippen LogP contribution in [0.2, 0.25) is 0 Å². The molecule has 0 aliphatic carbocycles. The number of nitrogens with zero attached hydrogens (tertiary/aromatic N) is 1. The highest BCUT2D eigenvalue weighted by Gasteiger charge is 2.15. The van der Waals surface area contributed by atoms with E-state index in [0.29, 0.717) is 11.5 Å². The van der Waals surface area contributed by atoms with Crippen molar-refractivity contribution in [3.63, 3.8) is 0 Å². The fourth-order valence-corrected chi connectivity index (χ4v) is 2.84. The van der Waals surface area contributed by atoms with E-state index in [0.717, 1.165) is 32.4 Å². The highest BCUT2D eigenvalue weighted by molar-refractivity contribution is 7.09. The Morgan fingerprint density at radius 2 is 2.06 bits per heavy atom. The van der Waals surface area contributed by atoms with E-state index >= 15 is 0 Å². The van der Waals surface area contributed by atoms with Crippen molar-refractivity contribution in [3.8, 4) is 0 Å². The Labute approximate surface area is 116 Å². The fraction of sp³-hybridized carbons (Fsp3) is 0.733. The van der Waals surface area contributed by atoms with Crippen LogP contribution in [0.15, 0.2) is 17.5 Å². The molecule has 0 spiro atoms. The smallest absolute Gasteiger partial charge is 0.00579 e. The molecule has 0 saturated heterocycles. The number of nitrogens with two attached hydrogens (primary N) is 1. The zero-order chi connectivity index (χ0) is 13.6. The molecule has 0 bridgehead atoms. The first-order chi connectivity index (χ1) is 8.37. The van der Waals surface area contributed by atoms with Gasteiger partial charge in [0.1, 0.15) is 0 Å².